The summed E-state index contributed by atoms with van der Waals surface area (Å²) in [5, 5.41) is 9.85. The number of rotatable bonds is 3. The van der Waals surface area contributed by atoms with Gasteiger partial charge in [-0.25, -0.2) is 4.98 Å². The molecule has 2 N–H and O–H groups in total. The van der Waals surface area contributed by atoms with Gasteiger partial charge < -0.3 is 10.1 Å². The molecule has 1 aromatic heterocycles. The fourth-order valence-electron chi connectivity index (χ4n) is 3.09. The Morgan fingerprint density at radius 1 is 1.39 bits per heavy atom. The van der Waals surface area contributed by atoms with Crippen molar-refractivity contribution >= 4 is 11.6 Å². The van der Waals surface area contributed by atoms with Crippen LogP contribution in [0, 0.1) is 0 Å². The lowest BCUT2D eigenvalue weighted by atomic mass is 10.1. The number of aromatic hydroxyl groups is 1. The highest BCUT2D eigenvalue weighted by molar-refractivity contribution is 6.32. The SMILES string of the molecule is O=c1[nH]c(C2CC2)nc2c1CN(Cc1ccc(O)c(Cl)c1)CC2. The third-order valence-corrected chi connectivity index (χ3v) is 4.85. The van der Waals surface area contributed by atoms with Crippen LogP contribution in [0.2, 0.25) is 5.02 Å². The molecule has 2 heterocycles. The molecule has 1 fully saturated rings. The first-order chi connectivity index (χ1) is 11.1. The minimum Gasteiger partial charge on any atom is -0.506 e. The first-order valence-electron chi connectivity index (χ1n) is 7.92. The number of halogens is 1. The Hall–Kier alpha value is -1.85. The second-order valence-electron chi connectivity index (χ2n) is 6.40. The molecule has 0 radical (unpaired) electrons. The largest absolute Gasteiger partial charge is 0.506 e. The number of benzene rings is 1. The zero-order valence-corrected chi connectivity index (χ0v) is 13.4. The third kappa shape index (κ3) is 2.99. The van der Waals surface area contributed by atoms with Crippen LogP contribution in [0.25, 0.3) is 0 Å². The first kappa shape index (κ1) is 14.7. The van der Waals surface area contributed by atoms with E-state index in [1.165, 1.54) is 0 Å². The Bertz CT molecular complexity index is 814. The van der Waals surface area contributed by atoms with E-state index in [1.807, 2.05) is 6.07 Å². The molecule has 120 valence electrons. The van der Waals surface area contributed by atoms with Gasteiger partial charge in [-0.15, -0.1) is 0 Å². The van der Waals surface area contributed by atoms with Gasteiger partial charge in [0.15, 0.2) is 0 Å². The van der Waals surface area contributed by atoms with Crippen LogP contribution in [0.4, 0.5) is 0 Å². The first-order valence-corrected chi connectivity index (χ1v) is 8.29. The van der Waals surface area contributed by atoms with Crippen LogP contribution in [0.5, 0.6) is 5.75 Å². The zero-order valence-electron chi connectivity index (χ0n) is 12.7. The van der Waals surface area contributed by atoms with Gasteiger partial charge >= 0.3 is 0 Å². The topological polar surface area (TPSA) is 69.2 Å². The highest BCUT2D eigenvalue weighted by Crippen LogP contribution is 2.37. The van der Waals surface area contributed by atoms with Crippen LogP contribution >= 0.6 is 11.6 Å². The molecule has 4 rings (SSSR count). The summed E-state index contributed by atoms with van der Waals surface area (Å²) in [7, 11) is 0. The quantitative estimate of drug-likeness (QED) is 0.907. The molecule has 5 nitrogen and oxygen atoms in total. The molecule has 0 unspecified atom stereocenters. The average molecular weight is 332 g/mol. The van der Waals surface area contributed by atoms with Gasteiger partial charge in [-0.2, -0.15) is 0 Å². The van der Waals surface area contributed by atoms with Crippen LogP contribution in [-0.2, 0) is 19.5 Å². The van der Waals surface area contributed by atoms with Crippen molar-refractivity contribution in [2.75, 3.05) is 6.54 Å². The number of phenolic OH excluding ortho intramolecular Hbond substituents is 1. The van der Waals surface area contributed by atoms with E-state index in [9.17, 15) is 9.90 Å². The van der Waals surface area contributed by atoms with Gasteiger partial charge in [-0.1, -0.05) is 17.7 Å². The van der Waals surface area contributed by atoms with Crippen LogP contribution in [0.1, 0.15) is 41.4 Å². The summed E-state index contributed by atoms with van der Waals surface area (Å²) < 4.78 is 0. The lowest BCUT2D eigenvalue weighted by Gasteiger charge is -2.27. The molecule has 1 aliphatic heterocycles. The normalized spacial score (nSPS) is 18.0. The Morgan fingerprint density at radius 3 is 2.96 bits per heavy atom. The van der Waals surface area contributed by atoms with Crippen molar-refractivity contribution in [3.05, 3.63) is 56.2 Å². The Morgan fingerprint density at radius 2 is 2.22 bits per heavy atom. The van der Waals surface area contributed by atoms with Gasteiger partial charge in [-0.05, 0) is 30.5 Å². The van der Waals surface area contributed by atoms with Gasteiger partial charge in [0.25, 0.3) is 5.56 Å². The predicted molar refractivity (Wildman–Crippen MR) is 87.8 cm³/mol. The molecule has 0 atom stereocenters. The zero-order chi connectivity index (χ0) is 16.0. The van der Waals surface area contributed by atoms with Crippen molar-refractivity contribution < 1.29 is 5.11 Å². The number of aromatic nitrogens is 2. The number of nitrogens with zero attached hydrogens (tertiary/aromatic N) is 2. The molecule has 2 aliphatic rings. The van der Waals surface area contributed by atoms with Crippen molar-refractivity contribution in [2.45, 2.75) is 38.3 Å². The molecule has 0 spiro atoms. The Balaban J connectivity index is 1.54. The maximum absolute atomic E-state index is 12.3. The standard InChI is InChI=1S/C17H18ClN3O2/c18-13-7-10(1-4-15(13)22)8-21-6-5-14-12(9-21)17(23)20-16(19-14)11-2-3-11/h1,4,7,11,22H,2-3,5-6,8-9H2,(H,19,20,23). The minimum atomic E-state index is 0.00494. The molecule has 6 heteroatoms. The van der Waals surface area contributed by atoms with Crippen LogP contribution in [0.15, 0.2) is 23.0 Å². The molecule has 1 saturated carbocycles. The second-order valence-corrected chi connectivity index (χ2v) is 6.80. The molecule has 0 amide bonds. The minimum absolute atomic E-state index is 0.00494. The molecule has 0 bridgehead atoms. The maximum atomic E-state index is 12.3. The lowest BCUT2D eigenvalue weighted by Crippen LogP contribution is -2.35. The van der Waals surface area contributed by atoms with E-state index in [-0.39, 0.29) is 11.3 Å². The summed E-state index contributed by atoms with van der Waals surface area (Å²) >= 11 is 5.96. The van der Waals surface area contributed by atoms with Crippen LogP contribution < -0.4 is 5.56 Å². The Kier molecular flexibility index (Phi) is 3.62. The number of nitrogens with one attached hydrogen (secondary N) is 1. The van der Waals surface area contributed by atoms with E-state index >= 15 is 0 Å². The van der Waals surface area contributed by atoms with Gasteiger partial charge in [0.1, 0.15) is 11.6 Å². The van der Waals surface area contributed by atoms with Crippen molar-refractivity contribution in [3.8, 4) is 5.75 Å². The lowest BCUT2D eigenvalue weighted by molar-refractivity contribution is 0.241. The summed E-state index contributed by atoms with van der Waals surface area (Å²) in [6.45, 7) is 2.16. The summed E-state index contributed by atoms with van der Waals surface area (Å²) in [4.78, 5) is 22.2. The van der Waals surface area contributed by atoms with Crippen molar-refractivity contribution in [3.63, 3.8) is 0 Å². The average Bonchev–Trinajstić information content (AvgIpc) is 3.36. The molecule has 1 aliphatic carbocycles. The summed E-state index contributed by atoms with van der Waals surface area (Å²) in [6.07, 6.45) is 3.07. The highest BCUT2D eigenvalue weighted by atomic mass is 35.5. The van der Waals surface area contributed by atoms with E-state index in [0.29, 0.717) is 24.0 Å². The van der Waals surface area contributed by atoms with Crippen molar-refractivity contribution in [1.82, 2.24) is 14.9 Å². The molecule has 1 aromatic carbocycles. The van der Waals surface area contributed by atoms with E-state index in [0.717, 1.165) is 48.5 Å². The van der Waals surface area contributed by atoms with E-state index in [2.05, 4.69) is 14.9 Å². The summed E-state index contributed by atoms with van der Waals surface area (Å²) in [5.74, 6) is 1.42. The number of fused-ring (bicyclic) bond motifs is 1. The van der Waals surface area contributed by atoms with Gasteiger partial charge in [-0.3, -0.25) is 9.69 Å². The maximum Gasteiger partial charge on any atom is 0.255 e. The molecular formula is C17H18ClN3O2. The fraction of sp³-hybridized carbons (Fsp3) is 0.412. The molecule has 23 heavy (non-hydrogen) atoms. The predicted octanol–water partition coefficient (Wildman–Crippen LogP) is 2.56. The van der Waals surface area contributed by atoms with Gasteiger partial charge in [0.2, 0.25) is 0 Å². The van der Waals surface area contributed by atoms with Crippen molar-refractivity contribution in [2.24, 2.45) is 0 Å². The van der Waals surface area contributed by atoms with Crippen LogP contribution in [-0.4, -0.2) is 26.5 Å². The molecule has 0 saturated heterocycles. The smallest absolute Gasteiger partial charge is 0.255 e. The third-order valence-electron chi connectivity index (χ3n) is 4.55. The van der Waals surface area contributed by atoms with E-state index in [1.54, 1.807) is 12.1 Å². The Labute approximate surface area is 138 Å². The number of hydrogen-bond acceptors (Lipinski definition) is 4. The molecular weight excluding hydrogens is 314 g/mol. The van der Waals surface area contributed by atoms with E-state index < -0.39 is 0 Å². The fourth-order valence-corrected chi connectivity index (χ4v) is 3.30. The van der Waals surface area contributed by atoms with Crippen LogP contribution in [0.3, 0.4) is 0 Å². The number of phenols is 1. The van der Waals surface area contributed by atoms with Crippen molar-refractivity contribution in [1.29, 1.82) is 0 Å². The number of aromatic amines is 1. The second kappa shape index (κ2) is 5.65. The van der Waals surface area contributed by atoms with E-state index in [4.69, 9.17) is 11.6 Å². The van der Waals surface area contributed by atoms with Gasteiger partial charge in [0.05, 0.1) is 16.3 Å². The number of H-pyrrole nitrogens is 1. The highest BCUT2D eigenvalue weighted by Gasteiger charge is 2.29. The van der Waals surface area contributed by atoms with Gasteiger partial charge in [0, 0.05) is 32.0 Å². The summed E-state index contributed by atoms with van der Waals surface area (Å²) in [5.41, 5.74) is 2.77. The monoisotopic (exact) mass is 331 g/mol. The number of hydrogen-bond donors (Lipinski definition) is 2. The summed E-state index contributed by atoms with van der Waals surface area (Å²) in [6, 6.07) is 5.23. The molecule has 2 aromatic rings.